The van der Waals surface area contributed by atoms with Crippen molar-refractivity contribution in [1.82, 2.24) is 5.32 Å². The maximum Gasteiger partial charge on any atom is 0.223 e. The van der Waals surface area contributed by atoms with E-state index in [1.165, 1.54) is 25.7 Å². The minimum atomic E-state index is 0.287. The van der Waals surface area contributed by atoms with Crippen LogP contribution in [0, 0.1) is 11.8 Å². The number of hydrogen-bond donors (Lipinski definition) is 1. The summed E-state index contributed by atoms with van der Waals surface area (Å²) in [6, 6.07) is 0.415. The van der Waals surface area contributed by atoms with Crippen LogP contribution in [0.4, 0.5) is 0 Å². The fraction of sp³-hybridized carbons (Fsp3) is 0.929. The predicted octanol–water partition coefficient (Wildman–Crippen LogP) is 3.64. The van der Waals surface area contributed by atoms with E-state index in [1.807, 2.05) is 0 Å². The Morgan fingerprint density at radius 2 is 1.88 bits per heavy atom. The lowest BCUT2D eigenvalue weighted by atomic mass is 9.81. The van der Waals surface area contributed by atoms with E-state index >= 15 is 0 Å². The lowest BCUT2D eigenvalue weighted by molar-refractivity contribution is -0.127. The molecule has 0 aliphatic heterocycles. The van der Waals surface area contributed by atoms with Crippen molar-refractivity contribution in [2.45, 2.75) is 69.2 Å². The van der Waals surface area contributed by atoms with Crippen molar-refractivity contribution < 1.29 is 4.79 Å². The van der Waals surface area contributed by atoms with Crippen LogP contribution in [0.25, 0.3) is 0 Å². The summed E-state index contributed by atoms with van der Waals surface area (Å²) in [7, 11) is 0. The summed E-state index contributed by atoms with van der Waals surface area (Å²) < 4.78 is 0. The van der Waals surface area contributed by atoms with Gasteiger partial charge in [-0.1, -0.05) is 42.1 Å². The molecule has 0 aromatic heterocycles. The number of halogens is 1. The molecule has 98 valence electrons. The normalized spacial score (nSPS) is 38.7. The summed E-state index contributed by atoms with van der Waals surface area (Å²) in [5.41, 5.74) is 0. The van der Waals surface area contributed by atoms with Crippen LogP contribution < -0.4 is 5.32 Å². The molecule has 4 unspecified atom stereocenters. The van der Waals surface area contributed by atoms with Gasteiger partial charge in [-0.05, 0) is 38.0 Å². The molecule has 17 heavy (non-hydrogen) atoms. The number of nitrogens with one attached hydrogen (secondary N) is 1. The number of rotatable bonds is 2. The van der Waals surface area contributed by atoms with E-state index in [0.717, 1.165) is 31.6 Å². The molecule has 0 heterocycles. The zero-order valence-electron chi connectivity index (χ0n) is 10.8. The molecule has 1 N–H and O–H groups in total. The summed E-state index contributed by atoms with van der Waals surface area (Å²) in [6.07, 6.45) is 9.48. The molecule has 2 nitrogen and oxygen atoms in total. The Bertz CT molecular complexity index is 269. The van der Waals surface area contributed by atoms with Crippen LogP contribution in [-0.2, 0) is 4.79 Å². The SMILES string of the molecule is CC1CCCC(C(=O)NC2CCCC(Br)C2)C1. The van der Waals surface area contributed by atoms with E-state index < -0.39 is 0 Å². The first kappa shape index (κ1) is 13.4. The topological polar surface area (TPSA) is 29.1 Å². The van der Waals surface area contributed by atoms with Gasteiger partial charge >= 0.3 is 0 Å². The lowest BCUT2D eigenvalue weighted by Crippen LogP contribution is -2.42. The van der Waals surface area contributed by atoms with Gasteiger partial charge < -0.3 is 5.32 Å². The summed E-state index contributed by atoms with van der Waals surface area (Å²) >= 11 is 3.67. The van der Waals surface area contributed by atoms with Crippen LogP contribution in [0.2, 0.25) is 0 Å². The fourth-order valence-electron chi connectivity index (χ4n) is 3.25. The van der Waals surface area contributed by atoms with Crippen molar-refractivity contribution in [2.24, 2.45) is 11.8 Å². The van der Waals surface area contributed by atoms with Crippen molar-refractivity contribution in [3.63, 3.8) is 0 Å². The van der Waals surface area contributed by atoms with Gasteiger partial charge in [-0.25, -0.2) is 0 Å². The average Bonchev–Trinajstić information content (AvgIpc) is 2.29. The van der Waals surface area contributed by atoms with Crippen molar-refractivity contribution in [2.75, 3.05) is 0 Å². The van der Waals surface area contributed by atoms with Gasteiger partial charge in [0, 0.05) is 16.8 Å². The largest absolute Gasteiger partial charge is 0.353 e. The van der Waals surface area contributed by atoms with Crippen molar-refractivity contribution in [3.05, 3.63) is 0 Å². The van der Waals surface area contributed by atoms with Crippen molar-refractivity contribution in [1.29, 1.82) is 0 Å². The van der Waals surface area contributed by atoms with E-state index in [2.05, 4.69) is 28.2 Å². The zero-order chi connectivity index (χ0) is 12.3. The van der Waals surface area contributed by atoms with Crippen LogP contribution >= 0.6 is 15.9 Å². The molecule has 0 aromatic carbocycles. The zero-order valence-corrected chi connectivity index (χ0v) is 12.3. The summed E-state index contributed by atoms with van der Waals surface area (Å²) in [5, 5.41) is 3.27. The van der Waals surface area contributed by atoms with E-state index in [4.69, 9.17) is 0 Å². The Morgan fingerprint density at radius 1 is 1.12 bits per heavy atom. The van der Waals surface area contributed by atoms with Gasteiger partial charge in [0.2, 0.25) is 5.91 Å². The Kier molecular flexibility index (Phi) is 4.89. The maximum absolute atomic E-state index is 12.2. The second-order valence-electron chi connectivity index (χ2n) is 5.94. The molecule has 2 fully saturated rings. The molecule has 0 bridgehead atoms. The molecule has 0 saturated heterocycles. The molecule has 0 aromatic rings. The molecular formula is C14H24BrNO. The number of alkyl halides is 1. The number of hydrogen-bond acceptors (Lipinski definition) is 1. The van der Waals surface area contributed by atoms with Crippen LogP contribution in [0.5, 0.6) is 0 Å². The second kappa shape index (κ2) is 6.21. The summed E-state index contributed by atoms with van der Waals surface area (Å²) in [5.74, 6) is 1.34. The smallest absolute Gasteiger partial charge is 0.223 e. The molecule has 2 aliphatic rings. The van der Waals surface area contributed by atoms with Gasteiger partial charge in [-0.2, -0.15) is 0 Å². The highest BCUT2D eigenvalue weighted by Gasteiger charge is 2.28. The van der Waals surface area contributed by atoms with E-state index in [0.29, 0.717) is 16.8 Å². The maximum atomic E-state index is 12.2. The van der Waals surface area contributed by atoms with Crippen molar-refractivity contribution >= 4 is 21.8 Å². The van der Waals surface area contributed by atoms with Gasteiger partial charge in [0.25, 0.3) is 0 Å². The first-order valence-corrected chi connectivity index (χ1v) is 8.01. The molecule has 4 atom stereocenters. The van der Waals surface area contributed by atoms with Crippen molar-refractivity contribution in [3.8, 4) is 0 Å². The van der Waals surface area contributed by atoms with Crippen LogP contribution in [0.1, 0.15) is 58.3 Å². The molecule has 0 spiro atoms. The highest BCUT2D eigenvalue weighted by molar-refractivity contribution is 9.09. The standard InChI is InChI=1S/C14H24BrNO/c1-10-4-2-5-11(8-10)14(17)16-13-7-3-6-12(15)9-13/h10-13H,2-9H2,1H3,(H,16,17). The molecular weight excluding hydrogens is 278 g/mol. The van der Waals surface area contributed by atoms with Gasteiger partial charge in [0.1, 0.15) is 0 Å². The lowest BCUT2D eigenvalue weighted by Gasteiger charge is -2.30. The summed E-state index contributed by atoms with van der Waals surface area (Å²) in [4.78, 5) is 12.8. The molecule has 3 heteroatoms. The van der Waals surface area contributed by atoms with E-state index in [-0.39, 0.29) is 5.92 Å². The van der Waals surface area contributed by atoms with Gasteiger partial charge in [-0.15, -0.1) is 0 Å². The van der Waals surface area contributed by atoms with Gasteiger partial charge in [0.15, 0.2) is 0 Å². The molecule has 0 radical (unpaired) electrons. The highest BCUT2D eigenvalue weighted by Crippen LogP contribution is 2.30. The van der Waals surface area contributed by atoms with Gasteiger partial charge in [-0.3, -0.25) is 4.79 Å². The average molecular weight is 302 g/mol. The van der Waals surface area contributed by atoms with Crippen LogP contribution in [0.15, 0.2) is 0 Å². The minimum Gasteiger partial charge on any atom is -0.353 e. The third-order valence-corrected chi connectivity index (χ3v) is 5.10. The second-order valence-corrected chi connectivity index (χ2v) is 7.23. The van der Waals surface area contributed by atoms with Crippen LogP contribution in [-0.4, -0.2) is 16.8 Å². The monoisotopic (exact) mass is 301 g/mol. The highest BCUT2D eigenvalue weighted by atomic mass is 79.9. The quantitative estimate of drug-likeness (QED) is 0.775. The first-order chi connectivity index (χ1) is 8.15. The molecule has 2 rings (SSSR count). The third kappa shape index (κ3) is 3.97. The number of carbonyl (C=O) groups is 1. The van der Waals surface area contributed by atoms with Crippen LogP contribution in [0.3, 0.4) is 0 Å². The number of amides is 1. The predicted molar refractivity (Wildman–Crippen MR) is 74.2 cm³/mol. The fourth-order valence-corrected chi connectivity index (χ4v) is 4.03. The van der Waals surface area contributed by atoms with Gasteiger partial charge in [0.05, 0.1) is 0 Å². The van der Waals surface area contributed by atoms with E-state index in [1.54, 1.807) is 0 Å². The van der Waals surface area contributed by atoms with E-state index in [9.17, 15) is 4.79 Å². The first-order valence-electron chi connectivity index (χ1n) is 7.09. The molecule has 2 aliphatic carbocycles. The minimum absolute atomic E-state index is 0.287. The Labute approximate surface area is 113 Å². The number of carbonyl (C=O) groups excluding carboxylic acids is 1. The summed E-state index contributed by atoms with van der Waals surface area (Å²) in [6.45, 7) is 2.27. The Hall–Kier alpha value is -0.0500. The third-order valence-electron chi connectivity index (χ3n) is 4.26. The Morgan fingerprint density at radius 3 is 2.59 bits per heavy atom. The Balaban J connectivity index is 1.79. The molecule has 2 saturated carbocycles. The molecule has 1 amide bonds.